The number of hydrogen-bond acceptors (Lipinski definition) is 5. The molecule has 0 aromatic carbocycles. The van der Waals surface area contributed by atoms with Gasteiger partial charge in [-0.25, -0.2) is 15.0 Å². The Morgan fingerprint density at radius 1 is 1.39 bits per heavy atom. The summed E-state index contributed by atoms with van der Waals surface area (Å²) >= 11 is 3.39. The minimum absolute atomic E-state index is 0.288. The molecule has 0 aliphatic carbocycles. The summed E-state index contributed by atoms with van der Waals surface area (Å²) in [6, 6.07) is 1.84. The molecule has 0 aliphatic rings. The molecule has 0 bridgehead atoms. The second-order valence-electron chi connectivity index (χ2n) is 4.28. The summed E-state index contributed by atoms with van der Waals surface area (Å²) in [7, 11) is 1.84. The van der Waals surface area contributed by atoms with Crippen LogP contribution in [0.2, 0.25) is 0 Å². The van der Waals surface area contributed by atoms with Gasteiger partial charge in [-0.3, -0.25) is 4.68 Å². The molecule has 18 heavy (non-hydrogen) atoms. The predicted molar refractivity (Wildman–Crippen MR) is 72.2 cm³/mol. The number of hydrogen-bond donors (Lipinski definition) is 1. The molecule has 0 amide bonds. The third kappa shape index (κ3) is 3.25. The first-order valence-corrected chi connectivity index (χ1v) is 6.47. The molecule has 1 N–H and O–H groups in total. The van der Waals surface area contributed by atoms with Gasteiger partial charge in [-0.1, -0.05) is 13.8 Å². The van der Waals surface area contributed by atoms with Crippen LogP contribution in [-0.4, -0.2) is 24.7 Å². The number of aryl methyl sites for hydroxylation is 1. The highest BCUT2D eigenvalue weighted by atomic mass is 79.9. The molecule has 2 aromatic heterocycles. The van der Waals surface area contributed by atoms with Gasteiger partial charge in [0.25, 0.3) is 0 Å². The van der Waals surface area contributed by atoms with Crippen molar-refractivity contribution >= 4 is 21.7 Å². The number of anilines is 1. The third-order valence-electron chi connectivity index (χ3n) is 2.30. The van der Waals surface area contributed by atoms with Gasteiger partial charge in [0, 0.05) is 19.0 Å². The Labute approximate surface area is 114 Å². The summed E-state index contributed by atoms with van der Waals surface area (Å²) in [6.07, 6.45) is 1.67. The van der Waals surface area contributed by atoms with Crippen LogP contribution in [0, 0.1) is 0 Å². The van der Waals surface area contributed by atoms with E-state index in [1.165, 1.54) is 0 Å². The van der Waals surface area contributed by atoms with Crippen LogP contribution >= 0.6 is 15.9 Å². The Kier molecular flexibility index (Phi) is 3.90. The Hall–Kier alpha value is -1.50. The van der Waals surface area contributed by atoms with E-state index in [4.69, 9.17) is 0 Å². The molecular weight excluding hydrogens is 296 g/mol. The topological polar surface area (TPSA) is 68.5 Å². The lowest BCUT2D eigenvalue weighted by molar-refractivity contribution is 0.744. The smallest absolute Gasteiger partial charge is 0.169 e. The Morgan fingerprint density at radius 3 is 2.78 bits per heavy atom. The van der Waals surface area contributed by atoms with Gasteiger partial charge >= 0.3 is 0 Å². The number of halogens is 1. The van der Waals surface area contributed by atoms with Crippen molar-refractivity contribution in [2.24, 2.45) is 7.05 Å². The fraction of sp³-hybridized carbons (Fsp3) is 0.455. The lowest BCUT2D eigenvalue weighted by Gasteiger charge is -2.08. The van der Waals surface area contributed by atoms with E-state index in [1.807, 2.05) is 13.1 Å². The van der Waals surface area contributed by atoms with Crippen LogP contribution in [0.15, 0.2) is 17.0 Å². The highest BCUT2D eigenvalue weighted by molar-refractivity contribution is 9.10. The predicted octanol–water partition coefficient (Wildman–Crippen LogP) is 2.10. The van der Waals surface area contributed by atoms with Crippen LogP contribution in [0.25, 0.3) is 0 Å². The average molecular weight is 311 g/mol. The lowest BCUT2D eigenvalue weighted by atomic mass is 10.2. The fourth-order valence-corrected chi connectivity index (χ4v) is 1.82. The van der Waals surface area contributed by atoms with Crippen molar-refractivity contribution in [3.8, 4) is 0 Å². The normalized spacial score (nSPS) is 10.9. The van der Waals surface area contributed by atoms with Crippen LogP contribution in [-0.2, 0) is 13.6 Å². The molecule has 0 atom stereocenters. The van der Waals surface area contributed by atoms with Crippen LogP contribution in [0.1, 0.15) is 31.4 Å². The quantitative estimate of drug-likeness (QED) is 0.876. The van der Waals surface area contributed by atoms with E-state index in [0.717, 1.165) is 22.1 Å². The minimum Gasteiger partial charge on any atom is -0.363 e. The van der Waals surface area contributed by atoms with Crippen molar-refractivity contribution in [2.45, 2.75) is 26.3 Å². The number of aromatic nitrogens is 5. The maximum atomic E-state index is 4.44. The molecule has 0 saturated carbocycles. The molecular formula is C11H15BrN6. The van der Waals surface area contributed by atoms with Gasteiger partial charge in [-0.15, -0.1) is 0 Å². The maximum absolute atomic E-state index is 4.44. The van der Waals surface area contributed by atoms with E-state index in [9.17, 15) is 0 Å². The molecule has 2 heterocycles. The van der Waals surface area contributed by atoms with Crippen molar-refractivity contribution < 1.29 is 0 Å². The first-order chi connectivity index (χ1) is 8.54. The Bertz CT molecular complexity index is 536. The number of nitrogens with zero attached hydrogens (tertiary/aromatic N) is 5. The van der Waals surface area contributed by atoms with E-state index in [1.54, 1.807) is 11.0 Å². The van der Waals surface area contributed by atoms with Crippen LogP contribution in [0.5, 0.6) is 0 Å². The zero-order chi connectivity index (χ0) is 13.1. The van der Waals surface area contributed by atoms with E-state index in [2.05, 4.69) is 55.1 Å². The van der Waals surface area contributed by atoms with Crippen molar-refractivity contribution in [2.75, 3.05) is 5.32 Å². The summed E-state index contributed by atoms with van der Waals surface area (Å²) in [6.45, 7) is 4.67. The molecule has 0 saturated heterocycles. The first-order valence-electron chi connectivity index (χ1n) is 5.67. The largest absolute Gasteiger partial charge is 0.363 e. The third-order valence-corrected chi connectivity index (χ3v) is 2.71. The fourth-order valence-electron chi connectivity index (χ4n) is 1.42. The maximum Gasteiger partial charge on any atom is 0.169 e. The molecule has 0 fully saturated rings. The van der Waals surface area contributed by atoms with Crippen LogP contribution in [0.4, 0.5) is 5.82 Å². The standard InChI is InChI=1S/C11H15BrN6/c1-7(2)11-15-8(12)4-9(16-11)13-5-10-14-6-18(3)17-10/h4,6-7H,5H2,1-3H3,(H,13,15,16). The Balaban J connectivity index is 2.09. The second kappa shape index (κ2) is 5.43. The van der Waals surface area contributed by atoms with Gasteiger partial charge in [0.05, 0.1) is 6.54 Å². The van der Waals surface area contributed by atoms with Gasteiger partial charge in [-0.2, -0.15) is 5.10 Å². The second-order valence-corrected chi connectivity index (χ2v) is 5.09. The molecule has 0 aliphatic heterocycles. The minimum atomic E-state index is 0.288. The van der Waals surface area contributed by atoms with E-state index in [0.29, 0.717) is 6.54 Å². The van der Waals surface area contributed by atoms with Gasteiger partial charge < -0.3 is 5.32 Å². The molecule has 2 aromatic rings. The van der Waals surface area contributed by atoms with Crippen molar-refractivity contribution in [3.05, 3.63) is 28.6 Å². The molecule has 6 nitrogen and oxygen atoms in total. The summed E-state index contributed by atoms with van der Waals surface area (Å²) in [5.74, 6) is 2.60. The zero-order valence-electron chi connectivity index (χ0n) is 10.6. The van der Waals surface area contributed by atoms with E-state index in [-0.39, 0.29) is 5.92 Å². The lowest BCUT2D eigenvalue weighted by Crippen LogP contribution is -2.07. The summed E-state index contributed by atoms with van der Waals surface area (Å²) < 4.78 is 2.45. The van der Waals surface area contributed by atoms with Crippen molar-refractivity contribution in [1.29, 1.82) is 0 Å². The Morgan fingerprint density at radius 2 is 2.17 bits per heavy atom. The summed E-state index contributed by atoms with van der Waals surface area (Å²) in [4.78, 5) is 12.9. The average Bonchev–Trinajstić information content (AvgIpc) is 2.72. The molecule has 0 spiro atoms. The molecule has 0 radical (unpaired) electrons. The molecule has 7 heteroatoms. The van der Waals surface area contributed by atoms with Crippen LogP contribution in [0.3, 0.4) is 0 Å². The van der Waals surface area contributed by atoms with E-state index >= 15 is 0 Å². The SMILES string of the molecule is CC(C)c1nc(Br)cc(NCc2ncn(C)n2)n1. The monoisotopic (exact) mass is 310 g/mol. The number of rotatable bonds is 4. The zero-order valence-corrected chi connectivity index (χ0v) is 12.1. The van der Waals surface area contributed by atoms with Gasteiger partial charge in [0.15, 0.2) is 5.82 Å². The molecule has 2 rings (SSSR count). The van der Waals surface area contributed by atoms with Gasteiger partial charge in [0.1, 0.15) is 22.6 Å². The van der Waals surface area contributed by atoms with Gasteiger partial charge in [0.2, 0.25) is 0 Å². The summed E-state index contributed by atoms with van der Waals surface area (Å²) in [5.41, 5.74) is 0. The van der Waals surface area contributed by atoms with Crippen LogP contribution < -0.4 is 5.32 Å². The summed E-state index contributed by atoms with van der Waals surface area (Å²) in [5, 5.41) is 7.38. The molecule has 96 valence electrons. The highest BCUT2D eigenvalue weighted by Crippen LogP contribution is 2.17. The first kappa shape index (κ1) is 12.9. The highest BCUT2D eigenvalue weighted by Gasteiger charge is 2.07. The molecule has 0 unspecified atom stereocenters. The number of nitrogens with one attached hydrogen (secondary N) is 1. The van der Waals surface area contributed by atoms with Gasteiger partial charge in [-0.05, 0) is 15.9 Å². The van der Waals surface area contributed by atoms with Crippen molar-refractivity contribution in [1.82, 2.24) is 24.7 Å². The van der Waals surface area contributed by atoms with Crippen molar-refractivity contribution in [3.63, 3.8) is 0 Å². The van der Waals surface area contributed by atoms with E-state index < -0.39 is 0 Å².